The van der Waals surface area contributed by atoms with Crippen LogP contribution in [0.5, 0.6) is 0 Å². The number of benzene rings is 2. The van der Waals surface area contributed by atoms with E-state index in [2.05, 4.69) is 67.1 Å². The maximum Gasteiger partial charge on any atom is 0.238 e. The zero-order valence-electron chi connectivity index (χ0n) is 19.2. The molecule has 1 saturated heterocycles. The molecule has 1 fully saturated rings. The van der Waals surface area contributed by atoms with E-state index < -0.39 is 0 Å². The molecule has 2 aromatic rings. The van der Waals surface area contributed by atoms with Crippen LogP contribution >= 0.6 is 0 Å². The summed E-state index contributed by atoms with van der Waals surface area (Å²) in [6.07, 6.45) is 0.965. The monoisotopic (exact) mass is 418 g/mol. The van der Waals surface area contributed by atoms with Gasteiger partial charge in [-0.1, -0.05) is 58.0 Å². The van der Waals surface area contributed by atoms with Crippen molar-refractivity contribution in [2.45, 2.75) is 46.0 Å². The van der Waals surface area contributed by atoms with Crippen molar-refractivity contribution < 1.29 is 4.79 Å². The Morgan fingerprint density at radius 2 is 1.65 bits per heavy atom. The number of hydrogen-bond donors (Lipinski definition) is 1. The topological polar surface area (TPSA) is 59.4 Å². The Bertz CT molecular complexity index is 918. The van der Waals surface area contributed by atoms with E-state index in [-0.39, 0.29) is 5.91 Å². The third-order valence-electron chi connectivity index (χ3n) is 5.96. The minimum absolute atomic E-state index is 0.0425. The Hall–Kier alpha value is -2.84. The highest BCUT2D eigenvalue weighted by molar-refractivity contribution is 5.94. The third-order valence-corrected chi connectivity index (χ3v) is 5.96. The van der Waals surface area contributed by atoms with Crippen molar-refractivity contribution in [2.24, 2.45) is 0 Å². The highest BCUT2D eigenvalue weighted by atomic mass is 16.2. The molecule has 1 N–H and O–H groups in total. The normalized spacial score (nSPS) is 15.1. The van der Waals surface area contributed by atoms with Gasteiger partial charge in [0.1, 0.15) is 6.07 Å². The second-order valence-electron chi connectivity index (χ2n) is 8.91. The van der Waals surface area contributed by atoms with Gasteiger partial charge in [-0.2, -0.15) is 5.26 Å². The van der Waals surface area contributed by atoms with E-state index in [1.54, 1.807) is 0 Å². The molecule has 1 aliphatic heterocycles. The largest absolute Gasteiger partial charge is 0.369 e. The van der Waals surface area contributed by atoms with Crippen LogP contribution in [0.25, 0.3) is 0 Å². The highest BCUT2D eigenvalue weighted by Gasteiger charge is 2.21. The second-order valence-corrected chi connectivity index (χ2v) is 8.91. The van der Waals surface area contributed by atoms with Gasteiger partial charge in [0.05, 0.1) is 17.8 Å². The summed E-state index contributed by atoms with van der Waals surface area (Å²) in [6.45, 7) is 12.4. The molecule has 3 rings (SSSR count). The first-order valence-corrected chi connectivity index (χ1v) is 11.3. The summed E-state index contributed by atoms with van der Waals surface area (Å²) in [6, 6.07) is 16.4. The Morgan fingerprint density at radius 1 is 0.968 bits per heavy atom. The fourth-order valence-corrected chi connectivity index (χ4v) is 4.29. The number of carbonyl (C=O) groups is 1. The maximum atomic E-state index is 13.0. The Kier molecular flexibility index (Phi) is 7.70. The van der Waals surface area contributed by atoms with E-state index in [1.165, 1.54) is 11.1 Å². The Labute approximate surface area is 186 Å². The number of nitrogens with one attached hydrogen (secondary N) is 1. The SMILES string of the molecule is CC(C)c1cccc(C(C)C)c1NC(=O)CN1CCCN(c2ccccc2C#N)CC1. The lowest BCUT2D eigenvalue weighted by Gasteiger charge is -2.25. The van der Waals surface area contributed by atoms with Crippen LogP contribution in [0.4, 0.5) is 11.4 Å². The van der Waals surface area contributed by atoms with Crippen molar-refractivity contribution in [3.8, 4) is 6.07 Å². The molecule has 0 bridgehead atoms. The van der Waals surface area contributed by atoms with E-state index in [1.807, 2.05) is 24.3 Å². The van der Waals surface area contributed by atoms with Gasteiger partial charge in [0.2, 0.25) is 5.91 Å². The quantitative estimate of drug-likeness (QED) is 0.721. The van der Waals surface area contributed by atoms with Crippen LogP contribution in [0.3, 0.4) is 0 Å². The first-order chi connectivity index (χ1) is 14.9. The summed E-state index contributed by atoms with van der Waals surface area (Å²) in [5, 5.41) is 12.6. The third kappa shape index (κ3) is 5.65. The zero-order chi connectivity index (χ0) is 22.4. The molecule has 0 radical (unpaired) electrons. The number of nitrogens with zero attached hydrogens (tertiary/aromatic N) is 3. The van der Waals surface area contributed by atoms with Crippen LogP contribution < -0.4 is 10.2 Å². The lowest BCUT2D eigenvalue weighted by Crippen LogP contribution is -2.36. The van der Waals surface area contributed by atoms with Crippen LogP contribution in [0.2, 0.25) is 0 Å². The smallest absolute Gasteiger partial charge is 0.238 e. The molecule has 5 nitrogen and oxygen atoms in total. The molecule has 1 amide bonds. The molecule has 0 unspecified atom stereocenters. The second kappa shape index (κ2) is 10.5. The van der Waals surface area contributed by atoms with Gasteiger partial charge in [-0.25, -0.2) is 0 Å². The average molecular weight is 419 g/mol. The van der Waals surface area contributed by atoms with E-state index in [0.29, 0.717) is 23.9 Å². The van der Waals surface area contributed by atoms with Gasteiger partial charge in [0, 0.05) is 31.9 Å². The summed E-state index contributed by atoms with van der Waals surface area (Å²) in [5.41, 5.74) is 5.06. The van der Waals surface area contributed by atoms with E-state index in [4.69, 9.17) is 0 Å². The van der Waals surface area contributed by atoms with Crippen molar-refractivity contribution in [3.63, 3.8) is 0 Å². The molecule has 164 valence electrons. The molecule has 0 aliphatic carbocycles. The summed E-state index contributed by atoms with van der Waals surface area (Å²) in [7, 11) is 0. The number of carbonyl (C=O) groups excluding carboxylic acids is 1. The Morgan fingerprint density at radius 3 is 2.29 bits per heavy atom. The van der Waals surface area contributed by atoms with Gasteiger partial charge in [-0.3, -0.25) is 9.69 Å². The Balaban J connectivity index is 1.67. The lowest BCUT2D eigenvalue weighted by atomic mass is 9.92. The fraction of sp³-hybridized carbons (Fsp3) is 0.462. The molecule has 0 saturated carbocycles. The van der Waals surface area contributed by atoms with Crippen molar-refractivity contribution >= 4 is 17.3 Å². The first kappa shape index (κ1) is 22.8. The van der Waals surface area contributed by atoms with Crippen molar-refractivity contribution in [1.82, 2.24) is 4.90 Å². The van der Waals surface area contributed by atoms with E-state index in [0.717, 1.165) is 44.0 Å². The van der Waals surface area contributed by atoms with Crippen LogP contribution in [-0.4, -0.2) is 43.5 Å². The standard InChI is InChI=1S/C26H34N4O/c1-19(2)22-10-7-11-23(20(3)4)26(22)28-25(31)18-29-13-8-14-30(16-15-29)24-12-6-5-9-21(24)17-27/h5-7,9-12,19-20H,8,13-16,18H2,1-4H3,(H,28,31). The molecular formula is C26H34N4O. The average Bonchev–Trinajstić information content (AvgIpc) is 2.98. The minimum Gasteiger partial charge on any atom is -0.369 e. The van der Waals surface area contributed by atoms with Crippen LogP contribution in [0.15, 0.2) is 42.5 Å². The van der Waals surface area contributed by atoms with Gasteiger partial charge in [0.15, 0.2) is 0 Å². The van der Waals surface area contributed by atoms with Gasteiger partial charge in [-0.15, -0.1) is 0 Å². The fourth-order valence-electron chi connectivity index (χ4n) is 4.29. The summed E-state index contributed by atoms with van der Waals surface area (Å²) >= 11 is 0. The predicted octanol–water partition coefficient (Wildman–Crippen LogP) is 4.96. The molecule has 0 atom stereocenters. The van der Waals surface area contributed by atoms with E-state index >= 15 is 0 Å². The van der Waals surface area contributed by atoms with Gasteiger partial charge in [0.25, 0.3) is 0 Å². The molecular weight excluding hydrogens is 384 g/mol. The lowest BCUT2D eigenvalue weighted by molar-refractivity contribution is -0.117. The molecule has 31 heavy (non-hydrogen) atoms. The van der Waals surface area contributed by atoms with Crippen molar-refractivity contribution in [1.29, 1.82) is 5.26 Å². The van der Waals surface area contributed by atoms with Crippen LogP contribution in [0, 0.1) is 11.3 Å². The first-order valence-electron chi connectivity index (χ1n) is 11.3. The molecule has 5 heteroatoms. The molecule has 2 aromatic carbocycles. The summed E-state index contributed by atoms with van der Waals surface area (Å²) in [5.74, 6) is 0.739. The molecule has 0 aromatic heterocycles. The predicted molar refractivity (Wildman–Crippen MR) is 128 cm³/mol. The minimum atomic E-state index is 0.0425. The summed E-state index contributed by atoms with van der Waals surface area (Å²) < 4.78 is 0. The number of rotatable bonds is 6. The number of nitriles is 1. The van der Waals surface area contributed by atoms with Crippen LogP contribution in [-0.2, 0) is 4.79 Å². The van der Waals surface area contributed by atoms with E-state index in [9.17, 15) is 10.1 Å². The summed E-state index contributed by atoms with van der Waals surface area (Å²) in [4.78, 5) is 17.5. The number of hydrogen-bond acceptors (Lipinski definition) is 4. The highest BCUT2D eigenvalue weighted by Crippen LogP contribution is 2.32. The van der Waals surface area contributed by atoms with Crippen molar-refractivity contribution in [3.05, 3.63) is 59.2 Å². The molecule has 1 aliphatic rings. The molecule has 0 spiro atoms. The molecule has 1 heterocycles. The van der Waals surface area contributed by atoms with Crippen molar-refractivity contribution in [2.75, 3.05) is 42.9 Å². The number of anilines is 2. The van der Waals surface area contributed by atoms with Crippen LogP contribution in [0.1, 0.15) is 62.6 Å². The zero-order valence-corrected chi connectivity index (χ0v) is 19.2. The van der Waals surface area contributed by atoms with Gasteiger partial charge >= 0.3 is 0 Å². The maximum absolute atomic E-state index is 13.0. The number of amides is 1. The number of para-hydroxylation sites is 2. The van der Waals surface area contributed by atoms with Gasteiger partial charge < -0.3 is 10.2 Å². The van der Waals surface area contributed by atoms with Gasteiger partial charge in [-0.05, 0) is 41.5 Å².